The molecule has 1 amide bonds. The molecular weight excluding hydrogens is 332 g/mol. The summed E-state index contributed by atoms with van der Waals surface area (Å²) in [5, 5.41) is 11.9. The summed E-state index contributed by atoms with van der Waals surface area (Å²) in [5.74, 6) is -2.89. The quantitative estimate of drug-likeness (QED) is 0.782. The second kappa shape index (κ2) is 7.14. The molecule has 2 N–H and O–H groups in total. The zero-order valence-electron chi connectivity index (χ0n) is 13.5. The van der Waals surface area contributed by atoms with E-state index in [2.05, 4.69) is 5.32 Å². The van der Waals surface area contributed by atoms with Crippen LogP contribution >= 0.6 is 0 Å². The standard InChI is InChI=1S/C16H20N2O5S/c1-18(2)24(22,23)12-7-5-6-11(10-12)17-15(19)13-8-3-4-9-14(13)16(20)21/h3-7,10,13-14H,8-9H2,1-2H3,(H,17,19)(H,20,21)/t13-,14-/m0/s1. The summed E-state index contributed by atoms with van der Waals surface area (Å²) in [6.07, 6.45) is 4.20. The first-order valence-corrected chi connectivity index (χ1v) is 8.88. The Labute approximate surface area is 141 Å². The lowest BCUT2D eigenvalue weighted by Gasteiger charge is -2.24. The Morgan fingerprint density at radius 3 is 2.38 bits per heavy atom. The number of anilines is 1. The molecule has 1 aromatic carbocycles. The van der Waals surface area contributed by atoms with Crippen molar-refractivity contribution < 1.29 is 23.1 Å². The van der Waals surface area contributed by atoms with Crippen molar-refractivity contribution in [2.24, 2.45) is 11.8 Å². The zero-order valence-corrected chi connectivity index (χ0v) is 14.3. The van der Waals surface area contributed by atoms with Gasteiger partial charge in [0.2, 0.25) is 15.9 Å². The Balaban J connectivity index is 2.21. The molecule has 0 fully saturated rings. The van der Waals surface area contributed by atoms with Crippen LogP contribution in [0.15, 0.2) is 41.3 Å². The molecule has 7 nitrogen and oxygen atoms in total. The van der Waals surface area contributed by atoms with Crippen molar-refractivity contribution in [1.82, 2.24) is 4.31 Å². The van der Waals surface area contributed by atoms with E-state index in [9.17, 15) is 23.1 Å². The first kappa shape index (κ1) is 18.2. The highest BCUT2D eigenvalue weighted by Crippen LogP contribution is 2.27. The van der Waals surface area contributed by atoms with Gasteiger partial charge in [-0.2, -0.15) is 0 Å². The number of rotatable bonds is 5. The summed E-state index contributed by atoms with van der Waals surface area (Å²) in [7, 11) is -0.761. The molecule has 8 heteroatoms. The minimum absolute atomic E-state index is 0.0589. The van der Waals surface area contributed by atoms with Gasteiger partial charge in [0.15, 0.2) is 0 Å². The van der Waals surface area contributed by atoms with Gasteiger partial charge in [-0.05, 0) is 31.0 Å². The summed E-state index contributed by atoms with van der Waals surface area (Å²) < 4.78 is 25.4. The van der Waals surface area contributed by atoms with Crippen LogP contribution in [0, 0.1) is 11.8 Å². The van der Waals surface area contributed by atoms with Crippen LogP contribution < -0.4 is 5.32 Å². The van der Waals surface area contributed by atoms with Crippen molar-refractivity contribution in [3.63, 3.8) is 0 Å². The van der Waals surface area contributed by atoms with Gasteiger partial charge in [-0.15, -0.1) is 0 Å². The molecule has 1 aliphatic carbocycles. The van der Waals surface area contributed by atoms with Gasteiger partial charge in [0.05, 0.1) is 16.7 Å². The fourth-order valence-corrected chi connectivity index (χ4v) is 3.51. The molecule has 1 aromatic rings. The Morgan fingerprint density at radius 1 is 1.17 bits per heavy atom. The van der Waals surface area contributed by atoms with Gasteiger partial charge >= 0.3 is 5.97 Å². The number of carboxylic acids is 1. The fraction of sp³-hybridized carbons (Fsp3) is 0.375. The molecule has 2 atom stereocenters. The van der Waals surface area contributed by atoms with Gasteiger partial charge in [0, 0.05) is 19.8 Å². The monoisotopic (exact) mass is 352 g/mol. The molecule has 130 valence electrons. The molecule has 0 bridgehead atoms. The van der Waals surface area contributed by atoms with Gasteiger partial charge in [-0.1, -0.05) is 18.2 Å². The molecule has 1 aliphatic rings. The third kappa shape index (κ3) is 3.82. The van der Waals surface area contributed by atoms with E-state index >= 15 is 0 Å². The Hall–Kier alpha value is -2.19. The lowest BCUT2D eigenvalue weighted by Crippen LogP contribution is -2.34. The van der Waals surface area contributed by atoms with E-state index in [-0.39, 0.29) is 4.90 Å². The van der Waals surface area contributed by atoms with Gasteiger partial charge in [-0.3, -0.25) is 9.59 Å². The molecule has 0 spiro atoms. The highest BCUT2D eigenvalue weighted by atomic mass is 32.2. The van der Waals surface area contributed by atoms with Gasteiger partial charge in [0.1, 0.15) is 0 Å². The third-order valence-electron chi connectivity index (χ3n) is 3.97. The SMILES string of the molecule is CN(C)S(=O)(=O)c1cccc(NC(=O)[C@H]2CC=CC[C@@H]2C(=O)O)c1. The summed E-state index contributed by atoms with van der Waals surface area (Å²) >= 11 is 0. The maximum absolute atomic E-state index is 12.4. The summed E-state index contributed by atoms with van der Waals surface area (Å²) in [4.78, 5) is 23.8. The predicted octanol–water partition coefficient (Wildman–Crippen LogP) is 1.54. The number of allylic oxidation sites excluding steroid dienone is 2. The maximum Gasteiger partial charge on any atom is 0.307 e. The number of nitrogens with zero attached hydrogens (tertiary/aromatic N) is 1. The average Bonchev–Trinajstić information content (AvgIpc) is 2.54. The van der Waals surface area contributed by atoms with E-state index in [0.717, 1.165) is 4.31 Å². The van der Waals surface area contributed by atoms with E-state index in [1.54, 1.807) is 18.2 Å². The molecule has 0 aliphatic heterocycles. The molecule has 0 heterocycles. The van der Waals surface area contributed by atoms with E-state index in [1.807, 2.05) is 0 Å². The normalized spacial score (nSPS) is 20.8. The molecule has 2 rings (SSSR count). The Bertz CT molecular complexity index is 770. The minimum Gasteiger partial charge on any atom is -0.481 e. The molecule has 0 saturated heterocycles. The lowest BCUT2D eigenvalue weighted by atomic mass is 9.82. The second-order valence-electron chi connectivity index (χ2n) is 5.80. The van der Waals surface area contributed by atoms with Crippen molar-refractivity contribution >= 4 is 27.6 Å². The minimum atomic E-state index is -3.61. The van der Waals surface area contributed by atoms with Crippen molar-refractivity contribution in [3.05, 3.63) is 36.4 Å². The number of nitrogens with one attached hydrogen (secondary N) is 1. The molecule has 0 unspecified atom stereocenters. The number of carbonyl (C=O) groups is 2. The molecule has 0 saturated carbocycles. The molecule has 0 aromatic heterocycles. The number of amides is 1. The van der Waals surface area contributed by atoms with Crippen LogP contribution in [0.1, 0.15) is 12.8 Å². The first-order valence-electron chi connectivity index (χ1n) is 7.44. The maximum atomic E-state index is 12.4. The van der Waals surface area contributed by atoms with Crippen molar-refractivity contribution in [2.75, 3.05) is 19.4 Å². The lowest BCUT2D eigenvalue weighted by molar-refractivity contribution is -0.146. The van der Waals surface area contributed by atoms with Crippen molar-refractivity contribution in [1.29, 1.82) is 0 Å². The van der Waals surface area contributed by atoms with E-state index < -0.39 is 33.7 Å². The topological polar surface area (TPSA) is 104 Å². The van der Waals surface area contributed by atoms with Crippen LogP contribution in [0.5, 0.6) is 0 Å². The van der Waals surface area contributed by atoms with E-state index in [0.29, 0.717) is 18.5 Å². The number of carbonyl (C=O) groups excluding carboxylic acids is 1. The number of carboxylic acid groups (broad SMARTS) is 1. The summed E-state index contributed by atoms with van der Waals surface area (Å²) in [6, 6.07) is 5.90. The number of aliphatic carboxylic acids is 1. The molecule has 0 radical (unpaired) electrons. The van der Waals surface area contributed by atoms with Crippen LogP contribution in [0.3, 0.4) is 0 Å². The highest BCUT2D eigenvalue weighted by Gasteiger charge is 2.34. The fourth-order valence-electron chi connectivity index (χ4n) is 2.56. The largest absolute Gasteiger partial charge is 0.481 e. The van der Waals surface area contributed by atoms with Gasteiger partial charge in [0.25, 0.3) is 0 Å². The Morgan fingerprint density at radius 2 is 1.79 bits per heavy atom. The van der Waals surface area contributed by atoms with Crippen LogP contribution in [-0.2, 0) is 19.6 Å². The molecular formula is C16H20N2O5S. The van der Waals surface area contributed by atoms with Gasteiger partial charge < -0.3 is 10.4 Å². The zero-order chi connectivity index (χ0) is 17.9. The van der Waals surface area contributed by atoms with Crippen LogP contribution in [0.4, 0.5) is 5.69 Å². The number of benzene rings is 1. The van der Waals surface area contributed by atoms with Crippen LogP contribution in [0.2, 0.25) is 0 Å². The first-order chi connectivity index (χ1) is 11.2. The summed E-state index contributed by atoms with van der Waals surface area (Å²) in [5.41, 5.74) is 0.321. The number of hydrogen-bond acceptors (Lipinski definition) is 4. The smallest absolute Gasteiger partial charge is 0.307 e. The predicted molar refractivity (Wildman–Crippen MR) is 88.9 cm³/mol. The average molecular weight is 352 g/mol. The van der Waals surface area contributed by atoms with Crippen LogP contribution in [-0.4, -0.2) is 43.8 Å². The Kier molecular flexibility index (Phi) is 5.40. The van der Waals surface area contributed by atoms with Crippen molar-refractivity contribution in [2.45, 2.75) is 17.7 Å². The summed E-state index contributed by atoms with van der Waals surface area (Å²) in [6.45, 7) is 0. The number of hydrogen-bond donors (Lipinski definition) is 2. The number of sulfonamides is 1. The van der Waals surface area contributed by atoms with Crippen molar-refractivity contribution in [3.8, 4) is 0 Å². The highest BCUT2D eigenvalue weighted by molar-refractivity contribution is 7.89. The van der Waals surface area contributed by atoms with E-state index in [1.165, 1.54) is 32.3 Å². The third-order valence-corrected chi connectivity index (χ3v) is 5.78. The second-order valence-corrected chi connectivity index (χ2v) is 7.95. The molecule has 24 heavy (non-hydrogen) atoms. The van der Waals surface area contributed by atoms with Gasteiger partial charge in [-0.25, -0.2) is 12.7 Å². The van der Waals surface area contributed by atoms with Crippen LogP contribution in [0.25, 0.3) is 0 Å². The van der Waals surface area contributed by atoms with E-state index in [4.69, 9.17) is 0 Å².